The summed E-state index contributed by atoms with van der Waals surface area (Å²) in [5.41, 5.74) is 5.65. The van der Waals surface area contributed by atoms with Gasteiger partial charge in [0.05, 0.1) is 0 Å². The van der Waals surface area contributed by atoms with Crippen LogP contribution in [0.15, 0.2) is 48.5 Å². The molecule has 0 radical (unpaired) electrons. The summed E-state index contributed by atoms with van der Waals surface area (Å²) >= 11 is 0. The minimum atomic E-state index is 1.12. The van der Waals surface area contributed by atoms with Crippen LogP contribution in [0.25, 0.3) is 0 Å². The van der Waals surface area contributed by atoms with Gasteiger partial charge in [-0.1, -0.05) is 74.9 Å². The Morgan fingerprint density at radius 2 is 1.32 bits per heavy atom. The Balaban J connectivity index is 0.000000861. The van der Waals surface area contributed by atoms with E-state index in [0.717, 1.165) is 19.3 Å². The van der Waals surface area contributed by atoms with Crippen LogP contribution in [0, 0.1) is 6.92 Å². The molecule has 2 aromatic carbocycles. The van der Waals surface area contributed by atoms with Crippen LogP contribution >= 0.6 is 0 Å². The summed E-state index contributed by atoms with van der Waals surface area (Å²) in [5, 5.41) is 0. The number of hydrogen-bond acceptors (Lipinski definition) is 0. The molecule has 0 atom stereocenters. The van der Waals surface area contributed by atoms with E-state index in [0.29, 0.717) is 0 Å². The fourth-order valence-corrected chi connectivity index (χ4v) is 2.05. The van der Waals surface area contributed by atoms with Crippen molar-refractivity contribution in [3.05, 3.63) is 70.8 Å². The zero-order valence-electron chi connectivity index (χ0n) is 12.7. The van der Waals surface area contributed by atoms with E-state index in [2.05, 4.69) is 62.4 Å². The first-order valence-corrected chi connectivity index (χ1v) is 7.41. The molecule has 19 heavy (non-hydrogen) atoms. The highest BCUT2D eigenvalue weighted by Gasteiger charge is 1.97. The molecule has 0 amide bonds. The Hall–Kier alpha value is -1.56. The summed E-state index contributed by atoms with van der Waals surface area (Å²) in [4.78, 5) is 0. The van der Waals surface area contributed by atoms with Gasteiger partial charge in [-0.05, 0) is 42.9 Å². The molecular weight excluding hydrogens is 228 g/mol. The average molecular weight is 254 g/mol. The molecule has 0 N–H and O–H groups in total. The van der Waals surface area contributed by atoms with Crippen LogP contribution in [0.4, 0.5) is 0 Å². The molecule has 0 saturated carbocycles. The molecule has 0 nitrogen and oxygen atoms in total. The predicted octanol–water partition coefficient (Wildman–Crippen LogP) is 5.37. The third-order valence-electron chi connectivity index (χ3n) is 3.22. The summed E-state index contributed by atoms with van der Waals surface area (Å²) in [6, 6.07) is 17.8. The standard InChI is InChI=1S/C17H20.C2H6/c1-3-15-5-4-6-17(13-15)12-11-16-9-7-14(2)8-10-16;1-2/h4-10,13H,3,11-12H2,1-2H3;1-2H3. The van der Waals surface area contributed by atoms with Crippen LogP contribution in [0.1, 0.15) is 43.0 Å². The number of rotatable bonds is 4. The smallest absolute Gasteiger partial charge is 0.0238 e. The van der Waals surface area contributed by atoms with Gasteiger partial charge >= 0.3 is 0 Å². The van der Waals surface area contributed by atoms with Crippen molar-refractivity contribution in [2.45, 2.75) is 47.0 Å². The topological polar surface area (TPSA) is 0 Å². The molecule has 0 heteroatoms. The first kappa shape index (κ1) is 15.5. The lowest BCUT2D eigenvalue weighted by Crippen LogP contribution is -1.92. The maximum atomic E-state index is 2.33. The van der Waals surface area contributed by atoms with Gasteiger partial charge in [-0.2, -0.15) is 0 Å². The molecule has 0 bridgehead atoms. The van der Waals surface area contributed by atoms with E-state index in [1.54, 1.807) is 0 Å². The van der Waals surface area contributed by atoms with Gasteiger partial charge < -0.3 is 0 Å². The zero-order valence-corrected chi connectivity index (χ0v) is 12.7. The van der Waals surface area contributed by atoms with Gasteiger partial charge in [-0.25, -0.2) is 0 Å². The third-order valence-corrected chi connectivity index (χ3v) is 3.22. The molecule has 0 aromatic heterocycles. The van der Waals surface area contributed by atoms with Crippen LogP contribution in [-0.4, -0.2) is 0 Å². The van der Waals surface area contributed by atoms with Crippen molar-refractivity contribution < 1.29 is 0 Å². The maximum Gasteiger partial charge on any atom is -0.0238 e. The molecule has 0 spiro atoms. The quantitative estimate of drug-likeness (QED) is 0.688. The van der Waals surface area contributed by atoms with Crippen LogP contribution in [0.2, 0.25) is 0 Å². The van der Waals surface area contributed by atoms with Gasteiger partial charge in [0.15, 0.2) is 0 Å². The van der Waals surface area contributed by atoms with Crippen molar-refractivity contribution in [1.29, 1.82) is 0 Å². The highest BCUT2D eigenvalue weighted by molar-refractivity contribution is 5.26. The molecule has 0 aliphatic heterocycles. The van der Waals surface area contributed by atoms with E-state index in [-0.39, 0.29) is 0 Å². The summed E-state index contributed by atoms with van der Waals surface area (Å²) in [5.74, 6) is 0. The van der Waals surface area contributed by atoms with Gasteiger partial charge in [0.2, 0.25) is 0 Å². The Morgan fingerprint density at radius 1 is 0.737 bits per heavy atom. The summed E-state index contributed by atoms with van der Waals surface area (Å²) in [6.45, 7) is 8.34. The second-order valence-electron chi connectivity index (χ2n) is 4.66. The van der Waals surface area contributed by atoms with Crippen LogP contribution in [0.5, 0.6) is 0 Å². The van der Waals surface area contributed by atoms with Crippen molar-refractivity contribution in [1.82, 2.24) is 0 Å². The van der Waals surface area contributed by atoms with Gasteiger partial charge in [0.1, 0.15) is 0 Å². The van der Waals surface area contributed by atoms with E-state index in [4.69, 9.17) is 0 Å². The molecule has 102 valence electrons. The number of aryl methyl sites for hydroxylation is 4. The summed E-state index contributed by atoms with van der Waals surface area (Å²) in [6.07, 6.45) is 3.39. The lowest BCUT2D eigenvalue weighted by atomic mass is 10.0. The van der Waals surface area contributed by atoms with Crippen LogP contribution < -0.4 is 0 Å². The minimum Gasteiger partial charge on any atom is -0.0683 e. The minimum absolute atomic E-state index is 1.12. The molecule has 0 aliphatic rings. The van der Waals surface area contributed by atoms with Gasteiger partial charge in [0, 0.05) is 0 Å². The van der Waals surface area contributed by atoms with Gasteiger partial charge in [0.25, 0.3) is 0 Å². The highest BCUT2D eigenvalue weighted by Crippen LogP contribution is 2.11. The Morgan fingerprint density at radius 3 is 1.95 bits per heavy atom. The molecule has 0 aliphatic carbocycles. The van der Waals surface area contributed by atoms with Crippen LogP contribution in [0.3, 0.4) is 0 Å². The van der Waals surface area contributed by atoms with E-state index in [9.17, 15) is 0 Å². The zero-order chi connectivity index (χ0) is 14.1. The highest BCUT2D eigenvalue weighted by atomic mass is 14.0. The third kappa shape index (κ3) is 5.30. The number of benzene rings is 2. The molecule has 2 rings (SSSR count). The van der Waals surface area contributed by atoms with Crippen molar-refractivity contribution in [2.24, 2.45) is 0 Å². The summed E-state index contributed by atoms with van der Waals surface area (Å²) < 4.78 is 0. The van der Waals surface area contributed by atoms with E-state index < -0.39 is 0 Å². The van der Waals surface area contributed by atoms with E-state index in [1.807, 2.05) is 13.8 Å². The maximum absolute atomic E-state index is 2.33. The average Bonchev–Trinajstić information content (AvgIpc) is 2.49. The Kier molecular flexibility index (Phi) is 6.95. The second-order valence-corrected chi connectivity index (χ2v) is 4.66. The molecule has 2 aromatic rings. The largest absolute Gasteiger partial charge is 0.0683 e. The van der Waals surface area contributed by atoms with E-state index in [1.165, 1.54) is 22.3 Å². The van der Waals surface area contributed by atoms with Crippen LogP contribution in [-0.2, 0) is 19.3 Å². The monoisotopic (exact) mass is 254 g/mol. The molecule has 0 fully saturated rings. The van der Waals surface area contributed by atoms with Crippen molar-refractivity contribution in [3.8, 4) is 0 Å². The SMILES string of the molecule is CC.CCc1cccc(CCc2ccc(C)cc2)c1. The normalized spacial score (nSPS) is 9.68. The molecular formula is C19H26. The fraction of sp³-hybridized carbons (Fsp3) is 0.368. The van der Waals surface area contributed by atoms with Crippen molar-refractivity contribution >= 4 is 0 Å². The second kappa shape index (κ2) is 8.53. The Labute approximate surface area is 118 Å². The lowest BCUT2D eigenvalue weighted by Gasteiger charge is -2.04. The predicted molar refractivity (Wildman–Crippen MR) is 85.8 cm³/mol. The lowest BCUT2D eigenvalue weighted by molar-refractivity contribution is 0.953. The van der Waals surface area contributed by atoms with Gasteiger partial charge in [-0.3, -0.25) is 0 Å². The molecule has 0 heterocycles. The van der Waals surface area contributed by atoms with Crippen molar-refractivity contribution in [3.63, 3.8) is 0 Å². The van der Waals surface area contributed by atoms with E-state index >= 15 is 0 Å². The number of hydrogen-bond donors (Lipinski definition) is 0. The van der Waals surface area contributed by atoms with Crippen molar-refractivity contribution in [2.75, 3.05) is 0 Å². The van der Waals surface area contributed by atoms with Gasteiger partial charge in [-0.15, -0.1) is 0 Å². The first-order chi connectivity index (χ1) is 9.28. The first-order valence-electron chi connectivity index (χ1n) is 7.41. The molecule has 0 saturated heterocycles. The summed E-state index contributed by atoms with van der Waals surface area (Å²) in [7, 11) is 0. The fourth-order valence-electron chi connectivity index (χ4n) is 2.05. The Bertz CT molecular complexity index is 466. The molecule has 0 unspecified atom stereocenters.